The summed E-state index contributed by atoms with van der Waals surface area (Å²) in [7, 11) is 3.59. The van der Waals surface area contributed by atoms with E-state index in [9.17, 15) is 5.11 Å². The number of aryl methyl sites for hydroxylation is 3. The summed E-state index contributed by atoms with van der Waals surface area (Å²) >= 11 is 6.02. The van der Waals surface area contributed by atoms with Crippen molar-refractivity contribution in [3.63, 3.8) is 0 Å². The first kappa shape index (κ1) is 12.1. The van der Waals surface area contributed by atoms with Crippen molar-refractivity contribution in [1.82, 2.24) is 19.6 Å². The van der Waals surface area contributed by atoms with Crippen LogP contribution in [0.3, 0.4) is 0 Å². The summed E-state index contributed by atoms with van der Waals surface area (Å²) in [5.41, 5.74) is 2.24. The molecule has 2 rings (SSSR count). The van der Waals surface area contributed by atoms with Crippen molar-refractivity contribution in [1.29, 1.82) is 0 Å². The molecule has 2 aromatic rings. The van der Waals surface area contributed by atoms with E-state index in [-0.39, 0.29) is 0 Å². The minimum atomic E-state index is -0.793. The normalized spacial score (nSPS) is 13.0. The molecular formula is C11H15ClN4O. The molecule has 17 heavy (non-hydrogen) atoms. The Morgan fingerprint density at radius 2 is 2.18 bits per heavy atom. The van der Waals surface area contributed by atoms with Crippen LogP contribution >= 0.6 is 11.6 Å². The van der Waals surface area contributed by atoms with Crippen LogP contribution in [0.5, 0.6) is 0 Å². The molecule has 0 aliphatic heterocycles. The minimum absolute atomic E-state index is 0.464. The minimum Gasteiger partial charge on any atom is -0.382 e. The summed E-state index contributed by atoms with van der Waals surface area (Å²) in [5.74, 6) is 0. The van der Waals surface area contributed by atoms with E-state index in [4.69, 9.17) is 11.6 Å². The summed E-state index contributed by atoms with van der Waals surface area (Å²) in [5, 5.41) is 19.2. The molecule has 0 spiro atoms. The molecule has 0 aromatic carbocycles. The molecule has 5 nitrogen and oxygen atoms in total. The first-order valence-corrected chi connectivity index (χ1v) is 5.80. The van der Waals surface area contributed by atoms with Crippen molar-refractivity contribution >= 4 is 11.6 Å². The zero-order chi connectivity index (χ0) is 12.6. The fourth-order valence-electron chi connectivity index (χ4n) is 1.93. The van der Waals surface area contributed by atoms with Crippen LogP contribution in [-0.4, -0.2) is 24.7 Å². The third-order valence-corrected chi connectivity index (χ3v) is 3.05. The van der Waals surface area contributed by atoms with Crippen molar-refractivity contribution in [2.75, 3.05) is 0 Å². The maximum atomic E-state index is 10.4. The topological polar surface area (TPSA) is 55.9 Å². The van der Waals surface area contributed by atoms with E-state index in [2.05, 4.69) is 10.2 Å². The number of aromatic nitrogens is 4. The fraction of sp³-hybridized carbons (Fsp3) is 0.455. The molecule has 0 radical (unpaired) electrons. The Balaban J connectivity index is 2.46. The van der Waals surface area contributed by atoms with E-state index in [0.717, 1.165) is 17.7 Å². The van der Waals surface area contributed by atoms with Crippen molar-refractivity contribution in [2.45, 2.75) is 19.4 Å². The lowest BCUT2D eigenvalue weighted by Crippen LogP contribution is -2.08. The lowest BCUT2D eigenvalue weighted by Gasteiger charge is -2.11. The van der Waals surface area contributed by atoms with Gasteiger partial charge in [-0.2, -0.15) is 10.2 Å². The van der Waals surface area contributed by atoms with Gasteiger partial charge in [-0.1, -0.05) is 18.5 Å². The Morgan fingerprint density at radius 1 is 1.47 bits per heavy atom. The smallest absolute Gasteiger partial charge is 0.125 e. The highest BCUT2D eigenvalue weighted by molar-refractivity contribution is 6.31. The summed E-state index contributed by atoms with van der Waals surface area (Å²) in [6, 6.07) is 0. The van der Waals surface area contributed by atoms with E-state index in [1.54, 1.807) is 16.4 Å². The molecule has 1 unspecified atom stereocenters. The van der Waals surface area contributed by atoms with E-state index in [0.29, 0.717) is 10.7 Å². The summed E-state index contributed by atoms with van der Waals surface area (Å²) in [6.07, 6.45) is 3.32. The molecule has 0 aliphatic rings. The summed E-state index contributed by atoms with van der Waals surface area (Å²) < 4.78 is 3.28. The number of rotatable bonds is 3. The van der Waals surface area contributed by atoms with Gasteiger partial charge in [0.2, 0.25) is 0 Å². The van der Waals surface area contributed by atoms with Crippen molar-refractivity contribution in [2.24, 2.45) is 14.1 Å². The summed E-state index contributed by atoms with van der Waals surface area (Å²) in [4.78, 5) is 0. The number of hydrogen-bond donors (Lipinski definition) is 1. The molecule has 0 fully saturated rings. The predicted molar refractivity (Wildman–Crippen MR) is 64.9 cm³/mol. The molecule has 1 atom stereocenters. The highest BCUT2D eigenvalue weighted by Gasteiger charge is 2.22. The molecule has 0 saturated carbocycles. The second-order valence-electron chi connectivity index (χ2n) is 3.96. The third kappa shape index (κ3) is 2.08. The SMILES string of the molecule is CCc1nn(C)cc1C(O)c1c(Cl)cnn1C. The Bertz CT molecular complexity index is 512. The van der Waals surface area contributed by atoms with E-state index >= 15 is 0 Å². The number of hydrogen-bond acceptors (Lipinski definition) is 3. The van der Waals surface area contributed by atoms with Gasteiger partial charge in [0, 0.05) is 25.9 Å². The zero-order valence-electron chi connectivity index (χ0n) is 10.1. The fourth-order valence-corrected chi connectivity index (χ4v) is 2.20. The van der Waals surface area contributed by atoms with Gasteiger partial charge in [-0.3, -0.25) is 9.36 Å². The average molecular weight is 255 g/mol. The van der Waals surface area contributed by atoms with E-state index < -0.39 is 6.10 Å². The van der Waals surface area contributed by atoms with Crippen molar-refractivity contribution in [3.05, 3.63) is 34.4 Å². The average Bonchev–Trinajstić information content (AvgIpc) is 2.82. The van der Waals surface area contributed by atoms with Gasteiger partial charge in [0.05, 0.1) is 22.6 Å². The van der Waals surface area contributed by atoms with Gasteiger partial charge in [0.1, 0.15) is 6.10 Å². The number of halogens is 1. The maximum Gasteiger partial charge on any atom is 0.125 e. The van der Waals surface area contributed by atoms with Gasteiger partial charge >= 0.3 is 0 Å². The highest BCUT2D eigenvalue weighted by Crippen LogP contribution is 2.29. The number of nitrogens with zero attached hydrogens (tertiary/aromatic N) is 4. The molecule has 92 valence electrons. The molecule has 0 aliphatic carbocycles. The third-order valence-electron chi connectivity index (χ3n) is 2.76. The zero-order valence-corrected chi connectivity index (χ0v) is 10.8. The van der Waals surface area contributed by atoms with Crippen molar-refractivity contribution in [3.8, 4) is 0 Å². The van der Waals surface area contributed by atoms with Gasteiger partial charge in [-0.05, 0) is 6.42 Å². The second kappa shape index (κ2) is 4.50. The first-order chi connectivity index (χ1) is 8.04. The first-order valence-electron chi connectivity index (χ1n) is 5.42. The van der Waals surface area contributed by atoms with Crippen LogP contribution in [0.25, 0.3) is 0 Å². The molecule has 0 amide bonds. The standard InChI is InChI=1S/C11H15ClN4O/c1-4-9-7(6-15(2)14-9)11(17)10-8(12)5-13-16(10)3/h5-6,11,17H,4H2,1-3H3. The highest BCUT2D eigenvalue weighted by atomic mass is 35.5. The predicted octanol–water partition coefficient (Wildman–Crippen LogP) is 1.45. The van der Waals surface area contributed by atoms with Crippen LogP contribution in [0.15, 0.2) is 12.4 Å². The molecule has 0 saturated heterocycles. The van der Waals surface area contributed by atoms with Gasteiger partial charge < -0.3 is 5.11 Å². The monoisotopic (exact) mass is 254 g/mol. The molecule has 6 heteroatoms. The largest absolute Gasteiger partial charge is 0.382 e. The Morgan fingerprint density at radius 3 is 2.71 bits per heavy atom. The second-order valence-corrected chi connectivity index (χ2v) is 4.37. The quantitative estimate of drug-likeness (QED) is 0.902. The molecule has 2 aromatic heterocycles. The van der Waals surface area contributed by atoms with Crippen LogP contribution in [0.4, 0.5) is 0 Å². The van der Waals surface area contributed by atoms with Crippen LogP contribution in [-0.2, 0) is 20.5 Å². The molecule has 1 N–H and O–H groups in total. The van der Waals surface area contributed by atoms with E-state index in [1.165, 1.54) is 6.20 Å². The summed E-state index contributed by atoms with van der Waals surface area (Å²) in [6.45, 7) is 2.00. The Labute approximate surface area is 105 Å². The van der Waals surface area contributed by atoms with Gasteiger partial charge in [0.25, 0.3) is 0 Å². The maximum absolute atomic E-state index is 10.4. The van der Waals surface area contributed by atoms with Crippen LogP contribution in [0.1, 0.15) is 30.0 Å². The van der Waals surface area contributed by atoms with Gasteiger partial charge in [0.15, 0.2) is 0 Å². The lowest BCUT2D eigenvalue weighted by atomic mass is 10.1. The molecule has 0 bridgehead atoms. The Hall–Kier alpha value is -1.33. The Kier molecular flexibility index (Phi) is 3.22. The van der Waals surface area contributed by atoms with Crippen LogP contribution in [0.2, 0.25) is 5.02 Å². The van der Waals surface area contributed by atoms with Crippen LogP contribution < -0.4 is 0 Å². The lowest BCUT2D eigenvalue weighted by molar-refractivity contribution is 0.208. The van der Waals surface area contributed by atoms with Crippen LogP contribution in [0, 0.1) is 0 Å². The van der Waals surface area contributed by atoms with E-state index in [1.807, 2.05) is 20.2 Å². The number of aliphatic hydroxyl groups excluding tert-OH is 1. The molecular weight excluding hydrogens is 240 g/mol. The van der Waals surface area contributed by atoms with Gasteiger partial charge in [-0.25, -0.2) is 0 Å². The molecule has 2 heterocycles. The van der Waals surface area contributed by atoms with Gasteiger partial charge in [-0.15, -0.1) is 0 Å². The van der Waals surface area contributed by atoms with Crippen molar-refractivity contribution < 1.29 is 5.11 Å². The number of aliphatic hydroxyl groups is 1.